The average Bonchev–Trinajstić information content (AvgIpc) is 2.62. The van der Waals surface area contributed by atoms with Crippen LogP contribution in [0.1, 0.15) is 24.2 Å². The van der Waals surface area contributed by atoms with Gasteiger partial charge in [0.25, 0.3) is 5.91 Å². The number of nitrogens with one attached hydrogen (secondary N) is 4. The third kappa shape index (κ3) is 5.34. The summed E-state index contributed by atoms with van der Waals surface area (Å²) < 4.78 is 0. The Labute approximate surface area is 152 Å². The van der Waals surface area contributed by atoms with E-state index in [4.69, 9.17) is 0 Å². The molecule has 0 saturated carbocycles. The highest BCUT2D eigenvalue weighted by Gasteiger charge is 2.13. The number of anilines is 3. The summed E-state index contributed by atoms with van der Waals surface area (Å²) >= 11 is 0. The first kappa shape index (κ1) is 19.0. The molecule has 2 aromatic rings. The minimum atomic E-state index is -0.476. The van der Waals surface area contributed by atoms with E-state index >= 15 is 0 Å². The van der Waals surface area contributed by atoms with Crippen molar-refractivity contribution in [1.29, 1.82) is 0 Å². The van der Waals surface area contributed by atoms with Crippen molar-refractivity contribution < 1.29 is 14.4 Å². The zero-order valence-corrected chi connectivity index (χ0v) is 14.9. The second-order valence-electron chi connectivity index (χ2n) is 5.77. The molecule has 136 valence electrons. The number of carbonyl (C=O) groups excluding carboxylic acids is 3. The van der Waals surface area contributed by atoms with E-state index in [1.54, 1.807) is 62.5 Å². The van der Waals surface area contributed by atoms with Crippen molar-refractivity contribution in [2.75, 3.05) is 23.0 Å². The van der Waals surface area contributed by atoms with E-state index in [9.17, 15) is 14.4 Å². The topological polar surface area (TPSA) is 99.3 Å². The van der Waals surface area contributed by atoms with Crippen LogP contribution < -0.4 is 21.3 Å². The predicted octanol–water partition coefficient (Wildman–Crippen LogP) is 2.44. The molecule has 0 bridgehead atoms. The Kier molecular flexibility index (Phi) is 6.32. The van der Waals surface area contributed by atoms with Gasteiger partial charge in [-0.15, -0.1) is 0 Å². The van der Waals surface area contributed by atoms with Crippen LogP contribution in [0, 0.1) is 0 Å². The van der Waals surface area contributed by atoms with E-state index in [0.29, 0.717) is 16.9 Å². The van der Waals surface area contributed by atoms with Gasteiger partial charge in [0.15, 0.2) is 0 Å². The molecule has 0 unspecified atom stereocenters. The highest BCUT2D eigenvalue weighted by molar-refractivity contribution is 5.97. The van der Waals surface area contributed by atoms with Gasteiger partial charge in [-0.3, -0.25) is 14.4 Å². The van der Waals surface area contributed by atoms with Crippen molar-refractivity contribution in [1.82, 2.24) is 5.32 Å². The van der Waals surface area contributed by atoms with Gasteiger partial charge in [0.05, 0.1) is 0 Å². The molecule has 0 fully saturated rings. The van der Waals surface area contributed by atoms with Gasteiger partial charge in [0, 0.05) is 36.6 Å². The molecule has 1 atom stereocenters. The molecule has 0 aliphatic carbocycles. The Morgan fingerprint density at radius 2 is 1.31 bits per heavy atom. The van der Waals surface area contributed by atoms with Gasteiger partial charge in [-0.05, 0) is 55.5 Å². The van der Waals surface area contributed by atoms with Crippen molar-refractivity contribution in [2.45, 2.75) is 19.9 Å². The summed E-state index contributed by atoms with van der Waals surface area (Å²) in [5, 5.41) is 11.1. The van der Waals surface area contributed by atoms with Gasteiger partial charge in [0.1, 0.15) is 6.04 Å². The lowest BCUT2D eigenvalue weighted by atomic mass is 10.2. The summed E-state index contributed by atoms with van der Waals surface area (Å²) in [6.45, 7) is 3.18. The summed E-state index contributed by atoms with van der Waals surface area (Å²) in [5.41, 5.74) is 2.58. The number of benzene rings is 2. The monoisotopic (exact) mass is 354 g/mol. The second-order valence-corrected chi connectivity index (χ2v) is 5.77. The van der Waals surface area contributed by atoms with Crippen LogP contribution in [0.4, 0.5) is 17.1 Å². The molecule has 7 heteroatoms. The number of rotatable bonds is 6. The van der Waals surface area contributed by atoms with Crippen molar-refractivity contribution in [3.05, 3.63) is 54.1 Å². The zero-order chi connectivity index (χ0) is 19.1. The normalized spacial score (nSPS) is 11.2. The van der Waals surface area contributed by atoms with Gasteiger partial charge < -0.3 is 21.3 Å². The average molecular weight is 354 g/mol. The number of carbonyl (C=O) groups is 3. The minimum Gasteiger partial charge on any atom is -0.374 e. The second kappa shape index (κ2) is 8.66. The van der Waals surface area contributed by atoms with E-state index < -0.39 is 6.04 Å². The van der Waals surface area contributed by atoms with E-state index in [1.165, 1.54) is 6.92 Å². The molecule has 2 aromatic carbocycles. The largest absolute Gasteiger partial charge is 0.374 e. The molecular weight excluding hydrogens is 332 g/mol. The third-order valence-electron chi connectivity index (χ3n) is 3.62. The molecule has 4 N–H and O–H groups in total. The van der Waals surface area contributed by atoms with Crippen LogP contribution in [-0.4, -0.2) is 30.8 Å². The third-order valence-corrected chi connectivity index (χ3v) is 3.62. The smallest absolute Gasteiger partial charge is 0.251 e. The molecule has 0 radical (unpaired) electrons. The maximum Gasteiger partial charge on any atom is 0.251 e. The summed E-state index contributed by atoms with van der Waals surface area (Å²) in [5.74, 6) is -0.514. The molecule has 0 heterocycles. The fraction of sp³-hybridized carbons (Fsp3) is 0.211. The summed E-state index contributed by atoms with van der Waals surface area (Å²) in [7, 11) is 1.57. The lowest BCUT2D eigenvalue weighted by molar-refractivity contribution is -0.116. The lowest BCUT2D eigenvalue weighted by Crippen LogP contribution is -2.31. The van der Waals surface area contributed by atoms with Crippen LogP contribution in [0.5, 0.6) is 0 Å². The first-order valence-corrected chi connectivity index (χ1v) is 8.16. The molecule has 0 spiro atoms. The predicted molar refractivity (Wildman–Crippen MR) is 102 cm³/mol. The Hall–Kier alpha value is -3.35. The summed E-state index contributed by atoms with van der Waals surface area (Å²) in [4.78, 5) is 34.8. The molecular formula is C19H22N4O3. The van der Waals surface area contributed by atoms with E-state index in [2.05, 4.69) is 21.3 Å². The van der Waals surface area contributed by atoms with Crippen LogP contribution >= 0.6 is 0 Å². The quantitative estimate of drug-likeness (QED) is 0.640. The van der Waals surface area contributed by atoms with Gasteiger partial charge >= 0.3 is 0 Å². The van der Waals surface area contributed by atoms with Crippen molar-refractivity contribution in [3.63, 3.8) is 0 Å². The minimum absolute atomic E-state index is 0.151. The summed E-state index contributed by atoms with van der Waals surface area (Å²) in [6, 6.07) is 13.3. The first-order chi connectivity index (χ1) is 12.4. The van der Waals surface area contributed by atoms with Crippen LogP contribution in [0.15, 0.2) is 48.5 Å². The maximum atomic E-state index is 12.3. The zero-order valence-electron chi connectivity index (χ0n) is 14.9. The standard InChI is InChI=1S/C19H22N4O3/c1-12(21-15-6-4-14(5-7-15)19(26)20-3)18(25)23-17-10-8-16(9-11-17)22-13(2)24/h4-12,21H,1-3H3,(H,20,26)(H,22,24)(H,23,25)/t12-/m1/s1. The van der Waals surface area contributed by atoms with E-state index in [0.717, 1.165) is 5.69 Å². The van der Waals surface area contributed by atoms with Crippen molar-refractivity contribution in [3.8, 4) is 0 Å². The number of hydrogen-bond acceptors (Lipinski definition) is 4. The fourth-order valence-electron chi connectivity index (χ4n) is 2.27. The SMILES string of the molecule is CNC(=O)c1ccc(N[C@H](C)C(=O)Nc2ccc(NC(C)=O)cc2)cc1. The van der Waals surface area contributed by atoms with Gasteiger partial charge in [-0.1, -0.05) is 0 Å². The Bertz CT molecular complexity index is 785. The number of amides is 3. The molecule has 26 heavy (non-hydrogen) atoms. The highest BCUT2D eigenvalue weighted by atomic mass is 16.2. The molecule has 7 nitrogen and oxygen atoms in total. The Morgan fingerprint density at radius 3 is 1.81 bits per heavy atom. The Balaban J connectivity index is 1.92. The first-order valence-electron chi connectivity index (χ1n) is 8.16. The maximum absolute atomic E-state index is 12.3. The molecule has 0 saturated heterocycles. The molecule has 0 aliphatic heterocycles. The molecule has 0 aliphatic rings. The van der Waals surface area contributed by atoms with Crippen LogP contribution in [0.3, 0.4) is 0 Å². The van der Waals surface area contributed by atoms with Gasteiger partial charge in [-0.25, -0.2) is 0 Å². The van der Waals surface area contributed by atoms with E-state index in [1.807, 2.05) is 0 Å². The Morgan fingerprint density at radius 1 is 0.808 bits per heavy atom. The highest BCUT2D eigenvalue weighted by Crippen LogP contribution is 2.15. The van der Waals surface area contributed by atoms with Crippen LogP contribution in [0.2, 0.25) is 0 Å². The van der Waals surface area contributed by atoms with Crippen molar-refractivity contribution in [2.24, 2.45) is 0 Å². The van der Waals surface area contributed by atoms with Crippen LogP contribution in [-0.2, 0) is 9.59 Å². The lowest BCUT2D eigenvalue weighted by Gasteiger charge is -2.16. The van der Waals surface area contributed by atoms with Gasteiger partial charge in [-0.2, -0.15) is 0 Å². The summed E-state index contributed by atoms with van der Waals surface area (Å²) in [6.07, 6.45) is 0. The van der Waals surface area contributed by atoms with Gasteiger partial charge in [0.2, 0.25) is 11.8 Å². The van der Waals surface area contributed by atoms with E-state index in [-0.39, 0.29) is 17.7 Å². The van der Waals surface area contributed by atoms with Crippen molar-refractivity contribution >= 4 is 34.8 Å². The number of hydrogen-bond donors (Lipinski definition) is 4. The molecule has 3 amide bonds. The van der Waals surface area contributed by atoms with Crippen LogP contribution in [0.25, 0.3) is 0 Å². The fourth-order valence-corrected chi connectivity index (χ4v) is 2.27. The molecule has 2 rings (SSSR count). The molecule has 0 aromatic heterocycles.